The first kappa shape index (κ1) is 24.6. The zero-order valence-corrected chi connectivity index (χ0v) is 20.7. The number of nitrogens with two attached hydrogens (primary N) is 1. The second-order valence-corrected chi connectivity index (χ2v) is 10.3. The first-order valence-electron chi connectivity index (χ1n) is 12.6. The Balaban J connectivity index is 1.59. The fourth-order valence-corrected chi connectivity index (χ4v) is 6.40. The summed E-state index contributed by atoms with van der Waals surface area (Å²) >= 11 is 0. The number of allylic oxidation sites excluding steroid dienone is 2. The molecule has 8 nitrogen and oxygen atoms in total. The summed E-state index contributed by atoms with van der Waals surface area (Å²) in [5.41, 5.74) is 4.98. The summed E-state index contributed by atoms with van der Waals surface area (Å²) in [6.45, 7) is 0. The summed E-state index contributed by atoms with van der Waals surface area (Å²) in [6.07, 6.45) is 0.0543. The summed E-state index contributed by atoms with van der Waals surface area (Å²) < 4.78 is 0. The van der Waals surface area contributed by atoms with E-state index in [-0.39, 0.29) is 36.1 Å². The zero-order valence-electron chi connectivity index (χ0n) is 20.7. The minimum absolute atomic E-state index is 0.00757. The number of amides is 1. The van der Waals surface area contributed by atoms with Crippen molar-refractivity contribution in [3.8, 4) is 28.0 Å². The molecule has 3 atom stereocenters. The number of hydrogen-bond donors (Lipinski definition) is 5. The van der Waals surface area contributed by atoms with Crippen LogP contribution in [0.25, 0.3) is 22.3 Å². The van der Waals surface area contributed by atoms with E-state index in [0.717, 1.165) is 11.1 Å². The molecule has 3 aromatic rings. The Kier molecular flexibility index (Phi) is 5.48. The van der Waals surface area contributed by atoms with Crippen molar-refractivity contribution in [1.82, 2.24) is 0 Å². The third-order valence-corrected chi connectivity index (χ3v) is 8.23. The maximum atomic E-state index is 14.1. The van der Waals surface area contributed by atoms with Gasteiger partial charge in [0, 0.05) is 23.5 Å². The van der Waals surface area contributed by atoms with Crippen LogP contribution < -0.4 is 5.73 Å². The van der Waals surface area contributed by atoms with Crippen molar-refractivity contribution in [2.24, 2.45) is 17.6 Å². The van der Waals surface area contributed by atoms with Gasteiger partial charge in [0.05, 0.1) is 5.56 Å². The number of phenols is 1. The number of aliphatic hydroxyl groups excluding tert-OH is 2. The third kappa shape index (κ3) is 3.45. The molecular weight excluding hydrogens is 498 g/mol. The number of aliphatic hydroxyl groups is 3. The molecule has 3 aromatic carbocycles. The number of primary amides is 1. The van der Waals surface area contributed by atoms with Gasteiger partial charge < -0.3 is 26.2 Å². The van der Waals surface area contributed by atoms with Crippen molar-refractivity contribution in [1.29, 1.82) is 0 Å². The van der Waals surface area contributed by atoms with Gasteiger partial charge in [0.1, 0.15) is 22.8 Å². The Bertz CT molecular complexity index is 1640. The van der Waals surface area contributed by atoms with Crippen LogP contribution in [0.1, 0.15) is 28.8 Å². The molecule has 0 saturated heterocycles. The second-order valence-electron chi connectivity index (χ2n) is 10.3. The van der Waals surface area contributed by atoms with E-state index >= 15 is 0 Å². The van der Waals surface area contributed by atoms with Crippen LogP contribution in [0, 0.1) is 11.8 Å². The fraction of sp³-hybridized carbons (Fsp3) is 0.194. The van der Waals surface area contributed by atoms with E-state index < -0.39 is 52.0 Å². The number of fused-ring (bicyclic) bond motifs is 3. The first-order valence-corrected chi connectivity index (χ1v) is 12.6. The molecule has 0 spiro atoms. The predicted octanol–water partition coefficient (Wildman–Crippen LogP) is 3.91. The van der Waals surface area contributed by atoms with Gasteiger partial charge >= 0.3 is 0 Å². The molecule has 1 amide bonds. The minimum atomic E-state index is -2.59. The van der Waals surface area contributed by atoms with E-state index in [0.29, 0.717) is 16.7 Å². The van der Waals surface area contributed by atoms with Gasteiger partial charge in [-0.15, -0.1) is 0 Å². The van der Waals surface area contributed by atoms with Crippen LogP contribution in [0.3, 0.4) is 0 Å². The largest absolute Gasteiger partial charge is 0.511 e. The van der Waals surface area contributed by atoms with Crippen LogP contribution in [0.2, 0.25) is 0 Å². The molecule has 6 rings (SSSR count). The normalized spacial score (nSPS) is 24.2. The number of Topliss-reactive ketones (excluding diaryl/α,β-unsaturated/α-hetero) is 2. The minimum Gasteiger partial charge on any atom is -0.511 e. The van der Waals surface area contributed by atoms with E-state index in [4.69, 9.17) is 5.73 Å². The van der Waals surface area contributed by atoms with E-state index in [1.807, 2.05) is 66.7 Å². The molecule has 0 bridgehead atoms. The summed E-state index contributed by atoms with van der Waals surface area (Å²) in [4.78, 5) is 39.2. The number of aromatic hydroxyl groups is 1. The lowest BCUT2D eigenvalue weighted by Gasteiger charge is -2.45. The van der Waals surface area contributed by atoms with Crippen LogP contribution >= 0.6 is 0 Å². The van der Waals surface area contributed by atoms with Crippen molar-refractivity contribution in [3.63, 3.8) is 0 Å². The Hall–Kier alpha value is -4.69. The molecule has 0 saturated carbocycles. The van der Waals surface area contributed by atoms with Gasteiger partial charge in [-0.25, -0.2) is 0 Å². The first-order chi connectivity index (χ1) is 18.6. The number of carbonyl (C=O) groups is 3. The fourth-order valence-electron chi connectivity index (χ4n) is 6.40. The SMILES string of the molecule is NC(=O)C1=C(O)C[C@@H]2C[C@@H]3Cc4c(-c5ccccc5)cc(-c5ccccc5)c(O)c4C(=O)C3=C(O)[C@]2(O)C1=O. The lowest BCUT2D eigenvalue weighted by Crippen LogP contribution is -2.57. The van der Waals surface area contributed by atoms with Gasteiger partial charge in [0.2, 0.25) is 5.78 Å². The molecule has 8 heteroatoms. The number of benzene rings is 3. The molecule has 0 aromatic heterocycles. The van der Waals surface area contributed by atoms with Crippen molar-refractivity contribution in [2.75, 3.05) is 0 Å². The van der Waals surface area contributed by atoms with Crippen molar-refractivity contribution in [3.05, 3.63) is 101 Å². The Labute approximate surface area is 223 Å². The highest BCUT2D eigenvalue weighted by Crippen LogP contribution is 2.53. The molecule has 0 heterocycles. The summed E-state index contributed by atoms with van der Waals surface area (Å²) in [6, 6.07) is 20.4. The third-order valence-electron chi connectivity index (χ3n) is 8.23. The van der Waals surface area contributed by atoms with Gasteiger partial charge in [0.15, 0.2) is 11.4 Å². The molecule has 0 radical (unpaired) electrons. The second kappa shape index (κ2) is 8.68. The molecule has 0 fully saturated rings. The van der Waals surface area contributed by atoms with Gasteiger partial charge in [-0.3, -0.25) is 14.4 Å². The number of ketones is 2. The van der Waals surface area contributed by atoms with Crippen LogP contribution in [0.5, 0.6) is 5.75 Å². The van der Waals surface area contributed by atoms with Gasteiger partial charge in [-0.1, -0.05) is 60.7 Å². The average molecular weight is 524 g/mol. The summed E-state index contributed by atoms with van der Waals surface area (Å²) in [7, 11) is 0. The standard InChI is InChI=1S/C31H25NO7/c32-30(38)25-22(33)13-18-11-17-12-21-19(15-7-3-1-4-8-15)14-20(16-9-5-2-6-10-16)26(34)24(21)27(35)23(17)28(36)31(18,39)29(25)37/h1-10,14,17-18,33-34,36,39H,11-13H2,(H2,32,38)/t17-,18+,31+/m1/s1. The molecule has 3 aliphatic rings. The quantitative estimate of drug-likeness (QED) is 0.326. The highest BCUT2D eigenvalue weighted by Gasteiger charge is 2.59. The molecule has 196 valence electrons. The predicted molar refractivity (Wildman–Crippen MR) is 142 cm³/mol. The summed E-state index contributed by atoms with van der Waals surface area (Å²) in [5.74, 6) is -6.42. The molecule has 0 unspecified atom stereocenters. The highest BCUT2D eigenvalue weighted by atomic mass is 16.3. The van der Waals surface area contributed by atoms with Crippen molar-refractivity contribution >= 4 is 17.5 Å². The van der Waals surface area contributed by atoms with Crippen molar-refractivity contribution < 1.29 is 34.8 Å². The molecule has 3 aliphatic carbocycles. The van der Waals surface area contributed by atoms with Gasteiger partial charge in [-0.2, -0.15) is 0 Å². The Morgan fingerprint density at radius 1 is 0.872 bits per heavy atom. The number of rotatable bonds is 3. The zero-order chi connectivity index (χ0) is 27.6. The van der Waals surface area contributed by atoms with E-state index in [2.05, 4.69) is 0 Å². The van der Waals surface area contributed by atoms with Crippen LogP contribution in [-0.4, -0.2) is 43.5 Å². The lowest BCUT2D eigenvalue weighted by atomic mass is 9.60. The van der Waals surface area contributed by atoms with Crippen LogP contribution in [0.4, 0.5) is 0 Å². The average Bonchev–Trinajstić information content (AvgIpc) is 2.91. The van der Waals surface area contributed by atoms with E-state index in [1.165, 1.54) is 0 Å². The van der Waals surface area contributed by atoms with Gasteiger partial charge in [0.25, 0.3) is 5.91 Å². The summed E-state index contributed by atoms with van der Waals surface area (Å²) in [5, 5.41) is 44.6. The number of phenolic OH excluding ortho intramolecular Hbond substituents is 1. The lowest BCUT2D eigenvalue weighted by molar-refractivity contribution is -0.144. The Morgan fingerprint density at radius 2 is 1.46 bits per heavy atom. The molecular formula is C31H25NO7. The molecule has 6 N–H and O–H groups in total. The van der Waals surface area contributed by atoms with Gasteiger partial charge in [-0.05, 0) is 47.1 Å². The monoisotopic (exact) mass is 523 g/mol. The van der Waals surface area contributed by atoms with Crippen LogP contribution in [0.15, 0.2) is 89.4 Å². The molecule has 0 aliphatic heterocycles. The van der Waals surface area contributed by atoms with E-state index in [1.54, 1.807) is 0 Å². The van der Waals surface area contributed by atoms with E-state index in [9.17, 15) is 34.8 Å². The van der Waals surface area contributed by atoms with Crippen molar-refractivity contribution in [2.45, 2.75) is 24.9 Å². The maximum absolute atomic E-state index is 14.1. The molecule has 39 heavy (non-hydrogen) atoms. The highest BCUT2D eigenvalue weighted by molar-refractivity contribution is 6.24. The maximum Gasteiger partial charge on any atom is 0.255 e. The van der Waals surface area contributed by atoms with Crippen LogP contribution in [-0.2, 0) is 16.0 Å². The Morgan fingerprint density at radius 3 is 2.05 bits per heavy atom. The smallest absolute Gasteiger partial charge is 0.255 e. The number of hydrogen-bond acceptors (Lipinski definition) is 7. The number of carbonyl (C=O) groups excluding carboxylic acids is 3. The topological polar surface area (TPSA) is 158 Å².